The first-order valence-corrected chi connectivity index (χ1v) is 17.7. The lowest BCUT2D eigenvalue weighted by molar-refractivity contribution is -0.142. The molecular weight excluding hydrogens is 636 g/mol. The van der Waals surface area contributed by atoms with E-state index in [0.29, 0.717) is 19.4 Å². The van der Waals surface area contributed by atoms with Crippen LogP contribution in [-0.4, -0.2) is 83.1 Å². The fourth-order valence-corrected chi connectivity index (χ4v) is 6.54. The number of benzene rings is 2. The summed E-state index contributed by atoms with van der Waals surface area (Å²) in [7, 11) is 0. The third kappa shape index (κ3) is 10.6. The molecule has 0 aliphatic carbocycles. The minimum absolute atomic E-state index is 0.0000332. The summed E-state index contributed by atoms with van der Waals surface area (Å²) in [6.45, 7) is 9.54. The third-order valence-electron chi connectivity index (χ3n) is 9.08. The number of rotatable bonds is 8. The minimum Gasteiger partial charge on any atom is -0.343 e. The number of nitrogens with one attached hydrogen (secondary N) is 5. The van der Waals surface area contributed by atoms with E-state index in [1.807, 2.05) is 88.4 Å². The summed E-state index contributed by atoms with van der Waals surface area (Å²) in [6, 6.07) is 12.4. The Hall–Kier alpha value is -4.74. The van der Waals surface area contributed by atoms with Crippen LogP contribution in [0.4, 0.5) is 0 Å². The van der Waals surface area contributed by atoms with Gasteiger partial charge in [0.2, 0.25) is 35.4 Å². The summed E-state index contributed by atoms with van der Waals surface area (Å²) < 4.78 is 0. The monoisotopic (exact) mass is 688 g/mol. The molecule has 0 radical (unpaired) electrons. The Morgan fingerprint density at radius 2 is 0.980 bits per heavy atom. The van der Waals surface area contributed by atoms with Crippen LogP contribution in [0.3, 0.4) is 0 Å². The summed E-state index contributed by atoms with van der Waals surface area (Å²) in [6.07, 6.45) is 1.81. The van der Waals surface area contributed by atoms with Gasteiger partial charge in [0.1, 0.15) is 36.3 Å². The first-order valence-electron chi connectivity index (χ1n) is 17.7. The van der Waals surface area contributed by atoms with Gasteiger partial charge in [-0.2, -0.15) is 0 Å². The number of hydrogen-bond acceptors (Lipinski definition) is 6. The van der Waals surface area contributed by atoms with Gasteiger partial charge in [0.05, 0.1) is 0 Å². The Labute approximate surface area is 294 Å². The third-order valence-corrected chi connectivity index (χ3v) is 9.08. The molecule has 270 valence electrons. The molecular formula is C38H52N6O6. The Morgan fingerprint density at radius 1 is 0.580 bits per heavy atom. The van der Waals surface area contributed by atoms with E-state index in [9.17, 15) is 28.8 Å². The predicted octanol–water partition coefficient (Wildman–Crippen LogP) is 2.01. The van der Waals surface area contributed by atoms with Crippen LogP contribution in [0.15, 0.2) is 60.7 Å². The van der Waals surface area contributed by atoms with Crippen molar-refractivity contribution in [2.75, 3.05) is 6.54 Å². The molecule has 2 heterocycles. The fraction of sp³-hybridized carbons (Fsp3) is 0.526. The van der Waals surface area contributed by atoms with E-state index in [-0.39, 0.29) is 37.5 Å². The Bertz CT molecular complexity index is 1500. The zero-order valence-corrected chi connectivity index (χ0v) is 29.7. The highest BCUT2D eigenvalue weighted by atomic mass is 16.2. The SMILES string of the molecule is CC(C)C[C@@H]1NC(=O)[C@H](CC(C)C)NC(=O)[C@H](Cc2ccccc2)NC(=O)[C@@H]2CCCN2C(=O)[C@H](C)NC(=O)[C@H](Cc2ccccc2)NC1=O. The minimum atomic E-state index is -1.06. The van der Waals surface area contributed by atoms with Crippen LogP contribution < -0.4 is 26.6 Å². The highest BCUT2D eigenvalue weighted by molar-refractivity contribution is 5.98. The summed E-state index contributed by atoms with van der Waals surface area (Å²) >= 11 is 0. The molecule has 2 aliphatic heterocycles. The van der Waals surface area contributed by atoms with E-state index in [4.69, 9.17) is 0 Å². The molecule has 2 saturated heterocycles. The number of fused-ring (bicyclic) bond motifs is 1. The van der Waals surface area contributed by atoms with Crippen LogP contribution in [-0.2, 0) is 41.6 Å². The standard InChI is InChI=1S/C38H52N6O6/c1-23(2)19-28-34(46)40-29(20-24(3)4)35(47)42-30(21-26-13-8-6-9-14-26)33(45)39-25(5)38(50)44-18-12-17-32(44)37(49)43-31(36(48)41-28)22-27-15-10-7-11-16-27/h6-11,13-16,23-25,28-32H,12,17-22H2,1-5H3,(H,39,45)(H,40,46)(H,41,48)(H,42,47)(H,43,49)/t25-,28-,29-,30-,31-,32-/m0/s1. The van der Waals surface area contributed by atoms with Crippen molar-refractivity contribution in [3.05, 3.63) is 71.8 Å². The molecule has 2 fully saturated rings. The molecule has 0 aromatic heterocycles. The summed E-state index contributed by atoms with van der Waals surface area (Å²) in [5.74, 6) is -3.12. The molecule has 6 amide bonds. The van der Waals surface area contributed by atoms with Crippen LogP contribution in [0, 0.1) is 11.8 Å². The van der Waals surface area contributed by atoms with Crippen molar-refractivity contribution >= 4 is 35.4 Å². The van der Waals surface area contributed by atoms with E-state index in [2.05, 4.69) is 26.6 Å². The van der Waals surface area contributed by atoms with Gasteiger partial charge in [-0.3, -0.25) is 28.8 Å². The molecule has 4 rings (SSSR count). The highest BCUT2D eigenvalue weighted by Crippen LogP contribution is 2.20. The van der Waals surface area contributed by atoms with Crippen LogP contribution >= 0.6 is 0 Å². The second kappa shape index (κ2) is 17.8. The lowest BCUT2D eigenvalue weighted by Crippen LogP contribution is -2.61. The van der Waals surface area contributed by atoms with Gasteiger partial charge in [0, 0.05) is 19.4 Å². The van der Waals surface area contributed by atoms with Gasteiger partial charge >= 0.3 is 0 Å². The zero-order valence-electron chi connectivity index (χ0n) is 29.7. The molecule has 2 aliphatic rings. The maximum atomic E-state index is 14.0. The normalized spacial score (nSPS) is 25.9. The summed E-state index contributed by atoms with van der Waals surface area (Å²) in [4.78, 5) is 84.6. The van der Waals surface area contributed by atoms with Crippen molar-refractivity contribution in [3.8, 4) is 0 Å². The van der Waals surface area contributed by atoms with E-state index in [1.54, 1.807) is 6.92 Å². The van der Waals surface area contributed by atoms with Crippen molar-refractivity contribution < 1.29 is 28.8 Å². The quantitative estimate of drug-likeness (QED) is 0.285. The number of nitrogens with zero attached hydrogens (tertiary/aromatic N) is 1. The molecule has 2 aromatic carbocycles. The van der Waals surface area contributed by atoms with Crippen LogP contribution in [0.1, 0.15) is 71.4 Å². The van der Waals surface area contributed by atoms with Crippen LogP contribution in [0.2, 0.25) is 0 Å². The highest BCUT2D eigenvalue weighted by Gasteiger charge is 2.39. The van der Waals surface area contributed by atoms with Gasteiger partial charge in [0.25, 0.3) is 0 Å². The number of amides is 6. The van der Waals surface area contributed by atoms with Crippen LogP contribution in [0.25, 0.3) is 0 Å². The maximum absolute atomic E-state index is 14.0. The largest absolute Gasteiger partial charge is 0.343 e. The lowest BCUT2D eigenvalue weighted by atomic mass is 9.98. The maximum Gasteiger partial charge on any atom is 0.245 e. The van der Waals surface area contributed by atoms with Gasteiger partial charge in [0.15, 0.2) is 0 Å². The molecule has 6 atom stereocenters. The van der Waals surface area contributed by atoms with E-state index >= 15 is 0 Å². The second-order valence-electron chi connectivity index (χ2n) is 14.3. The molecule has 12 heteroatoms. The summed E-state index contributed by atoms with van der Waals surface area (Å²) in [5.41, 5.74) is 1.59. The van der Waals surface area contributed by atoms with Crippen molar-refractivity contribution in [2.45, 2.75) is 109 Å². The average molecular weight is 689 g/mol. The molecule has 0 unspecified atom stereocenters. The Morgan fingerprint density at radius 3 is 1.44 bits per heavy atom. The molecule has 12 nitrogen and oxygen atoms in total. The number of hydrogen-bond donors (Lipinski definition) is 5. The molecule has 0 spiro atoms. The van der Waals surface area contributed by atoms with E-state index in [1.165, 1.54) is 4.90 Å². The van der Waals surface area contributed by atoms with Gasteiger partial charge in [-0.05, 0) is 55.6 Å². The zero-order chi connectivity index (χ0) is 36.4. The average Bonchev–Trinajstić information content (AvgIpc) is 3.57. The molecule has 0 bridgehead atoms. The van der Waals surface area contributed by atoms with Gasteiger partial charge in [-0.15, -0.1) is 0 Å². The first-order chi connectivity index (χ1) is 23.8. The van der Waals surface area contributed by atoms with Gasteiger partial charge in [-0.25, -0.2) is 0 Å². The topological polar surface area (TPSA) is 166 Å². The summed E-state index contributed by atoms with van der Waals surface area (Å²) in [5, 5.41) is 14.2. The second-order valence-corrected chi connectivity index (χ2v) is 14.3. The van der Waals surface area contributed by atoms with E-state index < -0.39 is 71.7 Å². The molecule has 0 saturated carbocycles. The van der Waals surface area contributed by atoms with Crippen molar-refractivity contribution in [2.24, 2.45) is 11.8 Å². The predicted molar refractivity (Wildman–Crippen MR) is 189 cm³/mol. The lowest BCUT2D eigenvalue weighted by Gasteiger charge is -2.31. The van der Waals surface area contributed by atoms with Crippen molar-refractivity contribution in [1.82, 2.24) is 31.5 Å². The Balaban J connectivity index is 1.72. The van der Waals surface area contributed by atoms with Gasteiger partial charge in [-0.1, -0.05) is 88.4 Å². The molecule has 2 aromatic rings. The van der Waals surface area contributed by atoms with E-state index in [0.717, 1.165) is 11.1 Å². The molecule has 5 N–H and O–H groups in total. The smallest absolute Gasteiger partial charge is 0.245 e. The number of carbonyl (C=O) groups is 6. The Kier molecular flexibility index (Phi) is 13.5. The van der Waals surface area contributed by atoms with Crippen molar-refractivity contribution in [1.29, 1.82) is 0 Å². The van der Waals surface area contributed by atoms with Crippen molar-refractivity contribution in [3.63, 3.8) is 0 Å². The number of carbonyl (C=O) groups excluding carboxylic acids is 6. The fourth-order valence-electron chi connectivity index (χ4n) is 6.54. The first kappa shape index (κ1) is 38.1. The molecule has 50 heavy (non-hydrogen) atoms. The van der Waals surface area contributed by atoms with Crippen LogP contribution in [0.5, 0.6) is 0 Å². The van der Waals surface area contributed by atoms with Gasteiger partial charge < -0.3 is 31.5 Å².